The Morgan fingerprint density at radius 2 is 1.27 bits per heavy atom. The second-order valence-corrected chi connectivity index (χ2v) is 26.9. The molecule has 1 aromatic rings. The van der Waals surface area contributed by atoms with E-state index >= 15 is 0 Å². The zero-order chi connectivity index (χ0) is 37.0. The van der Waals surface area contributed by atoms with Gasteiger partial charge in [0.15, 0.2) is 0 Å². The van der Waals surface area contributed by atoms with Crippen LogP contribution >= 0.6 is 0 Å². The van der Waals surface area contributed by atoms with Crippen LogP contribution in [0.4, 0.5) is 0 Å². The molecular weight excluding hydrogens is 841 g/mol. The Hall–Kier alpha value is -0.740. The molecule has 1 N–H and O–H groups in total. The summed E-state index contributed by atoms with van der Waals surface area (Å²) in [5.74, 6) is -1.78. The normalized spacial score (nSPS) is 11.9. The first kappa shape index (κ1) is 52.6. The van der Waals surface area contributed by atoms with E-state index in [0.717, 1.165) is 17.6 Å². The van der Waals surface area contributed by atoms with Crippen LogP contribution in [0.1, 0.15) is 86.6 Å². The van der Waals surface area contributed by atoms with Crippen molar-refractivity contribution in [3.63, 3.8) is 0 Å². The van der Waals surface area contributed by atoms with Crippen LogP contribution in [0.15, 0.2) is 42.0 Å². The molecule has 1 rings (SSSR count). The fraction of sp³-hybridized carbons (Fsp3) is 0.600. The van der Waals surface area contributed by atoms with E-state index in [-0.39, 0.29) is 32.8 Å². The highest BCUT2D eigenvalue weighted by Crippen LogP contribution is 2.31. The highest BCUT2D eigenvalue weighted by molar-refractivity contribution is 8.74. The van der Waals surface area contributed by atoms with Gasteiger partial charge in [0, 0.05) is 102 Å². The fourth-order valence-corrected chi connectivity index (χ4v) is 22.5. The van der Waals surface area contributed by atoms with Crippen LogP contribution in [0.2, 0.25) is 0 Å². The number of allylic oxidation sites excluding steroid dienone is 2. The molecule has 0 saturated carbocycles. The second kappa shape index (κ2) is 32.0. The maximum absolute atomic E-state index is 12.4. The van der Waals surface area contributed by atoms with E-state index in [4.69, 9.17) is 14.6 Å². The largest absolute Gasteiger partial charge is 0.481 e. The molecule has 0 heterocycles. The van der Waals surface area contributed by atoms with Gasteiger partial charge in [-0.1, -0.05) is 63.3 Å². The average molecular weight is 889 g/mol. The quantitative estimate of drug-likeness (QED) is 0.137. The molecule has 0 bridgehead atoms. The van der Waals surface area contributed by atoms with Crippen LogP contribution < -0.4 is 0 Å². The van der Waals surface area contributed by atoms with Gasteiger partial charge < -0.3 is 19.3 Å². The number of rotatable bonds is 13. The van der Waals surface area contributed by atoms with E-state index in [9.17, 15) is 19.2 Å². The molecule has 0 saturated heterocycles. The summed E-state index contributed by atoms with van der Waals surface area (Å²) in [6.07, 6.45) is 3.60. The van der Waals surface area contributed by atoms with Crippen molar-refractivity contribution in [3.8, 4) is 0 Å². The van der Waals surface area contributed by atoms with Crippen molar-refractivity contribution >= 4 is 126 Å². The third kappa shape index (κ3) is 28.5. The van der Waals surface area contributed by atoms with Crippen LogP contribution in [0.5, 0.6) is 0 Å². The molecule has 0 aliphatic rings. The van der Waals surface area contributed by atoms with Crippen molar-refractivity contribution in [1.82, 2.24) is 0 Å². The lowest BCUT2D eigenvalue weighted by Crippen LogP contribution is -2.32. The van der Waals surface area contributed by atoms with Crippen molar-refractivity contribution in [1.29, 1.82) is 0 Å². The number of carboxylic acids is 1. The summed E-state index contributed by atoms with van der Waals surface area (Å²) in [7, 11) is 17.1. The van der Waals surface area contributed by atoms with Gasteiger partial charge in [-0.05, 0) is 58.4 Å². The summed E-state index contributed by atoms with van der Waals surface area (Å²) < 4.78 is 14.6. The number of benzene rings is 1. The number of carbonyl (C=O) groups excluding carboxylic acids is 3. The summed E-state index contributed by atoms with van der Waals surface area (Å²) in [5.41, 5.74) is 0.0849. The third-order valence-corrected chi connectivity index (χ3v) is 24.0. The fourth-order valence-electron chi connectivity index (χ4n) is 3.29. The van der Waals surface area contributed by atoms with Gasteiger partial charge in [-0.3, -0.25) is 19.2 Å². The molecule has 0 fully saturated rings. The van der Waals surface area contributed by atoms with Gasteiger partial charge >= 0.3 is 23.9 Å². The first-order valence-electron chi connectivity index (χ1n) is 14.1. The Balaban J connectivity index is -0.000000685. The Labute approximate surface area is 327 Å². The minimum Gasteiger partial charge on any atom is -0.481 e. The molecule has 282 valence electrons. The minimum atomic E-state index is -1.00. The molecule has 0 spiro atoms. The number of carbonyl (C=O) groups is 4. The van der Waals surface area contributed by atoms with Gasteiger partial charge in [0.2, 0.25) is 0 Å². The maximum atomic E-state index is 12.4. The second-order valence-electron chi connectivity index (χ2n) is 11.0. The van der Waals surface area contributed by atoms with Crippen molar-refractivity contribution < 1.29 is 38.5 Å². The summed E-state index contributed by atoms with van der Waals surface area (Å²) in [6, 6.07) is 9.46. The molecular formula is C30H48O8S11. The first-order valence-corrected chi connectivity index (χ1v) is 27.4. The zero-order valence-electron chi connectivity index (χ0n) is 28.1. The van der Waals surface area contributed by atoms with Gasteiger partial charge in [0.05, 0.1) is 37.9 Å². The summed E-state index contributed by atoms with van der Waals surface area (Å²) in [5, 5.41) is 9.08. The number of hydrogen-bond donors (Lipinski definition) is 1. The highest BCUT2D eigenvalue weighted by atomic mass is 33.4. The van der Waals surface area contributed by atoms with E-state index < -0.39 is 28.7 Å². The number of ether oxygens (including phenoxy) is 3. The van der Waals surface area contributed by atoms with E-state index in [2.05, 4.69) is 27.1 Å². The number of hydrogen-bond acceptors (Lipinski definition) is 9. The van der Waals surface area contributed by atoms with Gasteiger partial charge in [-0.25, -0.2) is 0 Å². The van der Waals surface area contributed by atoms with Crippen molar-refractivity contribution in [2.24, 2.45) is 16.7 Å². The number of carboxylic acid groups (broad SMARTS) is 1. The minimum absolute atomic E-state index is 0. The molecule has 0 unspecified atom stereocenters. The Morgan fingerprint density at radius 3 is 1.65 bits per heavy atom. The Bertz CT molecular complexity index is 1570. The molecule has 0 aromatic heterocycles. The molecule has 1 aromatic carbocycles. The lowest BCUT2D eigenvalue weighted by Gasteiger charge is -2.25. The molecule has 0 aliphatic heterocycles. The molecule has 8 nitrogen and oxygen atoms in total. The molecule has 0 amide bonds. The van der Waals surface area contributed by atoms with Gasteiger partial charge in [-0.2, -0.15) is 0 Å². The van der Waals surface area contributed by atoms with Crippen LogP contribution in [0.3, 0.4) is 0 Å². The van der Waals surface area contributed by atoms with Crippen LogP contribution in [-0.2, 0) is 142 Å². The molecule has 19 heteroatoms. The molecule has 0 aliphatic carbocycles. The monoisotopic (exact) mass is 888 g/mol. The summed E-state index contributed by atoms with van der Waals surface area (Å²) in [6.45, 7) is 11.5. The van der Waals surface area contributed by atoms with Crippen LogP contribution in [-0.4, -0.2) is 43.2 Å². The van der Waals surface area contributed by atoms with E-state index in [1.165, 1.54) is 32.0 Å². The Kier molecular flexibility index (Phi) is 34.3. The number of esters is 3. The van der Waals surface area contributed by atoms with Crippen molar-refractivity contribution in [3.05, 3.63) is 47.5 Å². The maximum Gasteiger partial charge on any atom is 0.313 e. The topological polar surface area (TPSA) is 116 Å². The SMILES string of the molecule is C.COC(=O)C[C@](C)(CC=C(C)C)C(=O)OCc1ccccc1.COC(=O)C[C@](C)(CCC(C)C)C(=O)O.S=S=S=S=S=S=S=S=S=S=S. The van der Waals surface area contributed by atoms with Gasteiger partial charge in [-0.15, -0.1) is 0 Å². The first-order chi connectivity index (χ1) is 22.6. The predicted molar refractivity (Wildman–Crippen MR) is 229 cm³/mol. The van der Waals surface area contributed by atoms with Crippen LogP contribution in [0.25, 0.3) is 0 Å². The third-order valence-electron chi connectivity index (χ3n) is 6.20. The smallest absolute Gasteiger partial charge is 0.313 e. The Morgan fingerprint density at radius 1 is 0.816 bits per heavy atom. The lowest BCUT2D eigenvalue weighted by molar-refractivity contribution is -0.161. The van der Waals surface area contributed by atoms with Crippen molar-refractivity contribution in [2.75, 3.05) is 14.2 Å². The van der Waals surface area contributed by atoms with E-state index in [0.29, 0.717) is 18.8 Å². The van der Waals surface area contributed by atoms with Crippen molar-refractivity contribution in [2.45, 2.75) is 87.7 Å². The highest BCUT2D eigenvalue weighted by Gasteiger charge is 2.37. The molecule has 2 atom stereocenters. The predicted octanol–water partition coefficient (Wildman–Crippen LogP) is 6.34. The average Bonchev–Trinajstić information content (AvgIpc) is 3.05. The van der Waals surface area contributed by atoms with E-state index in [1.54, 1.807) is 76.0 Å². The zero-order valence-corrected chi connectivity index (χ0v) is 37.1. The number of aliphatic carboxylic acids is 1. The molecule has 49 heavy (non-hydrogen) atoms. The van der Waals surface area contributed by atoms with Gasteiger partial charge in [0.25, 0.3) is 0 Å². The summed E-state index contributed by atoms with van der Waals surface area (Å²) in [4.78, 5) is 46.2. The van der Waals surface area contributed by atoms with Crippen LogP contribution in [0, 0.1) is 16.7 Å². The lowest BCUT2D eigenvalue weighted by atomic mass is 9.80. The summed E-state index contributed by atoms with van der Waals surface area (Å²) >= 11 is 9.35. The number of methoxy groups -OCH3 is 2. The van der Waals surface area contributed by atoms with Gasteiger partial charge in [0.1, 0.15) is 6.61 Å². The molecule has 0 radical (unpaired) electrons. The van der Waals surface area contributed by atoms with E-state index in [1.807, 2.05) is 64.1 Å². The standard InChI is InChI=1S/C18H24O4.C11H20O4.CH4.S11/c1-14(2)10-11-18(3,12-16(19)21-4)17(20)22-13-15-8-6-5-7-9-15;1-8(2)5-6-11(3,10(13)14)7-9(12)15-4;;1-3-5-7-9-11-10-8-6-4-2/h5-10H,11-13H2,1-4H3;8H,5-7H2,1-4H3,(H,13,14);1H4;/t18-;11-;;/m00../s1.